The molecule has 3 aromatic rings. The predicted molar refractivity (Wildman–Crippen MR) is 132 cm³/mol. The van der Waals surface area contributed by atoms with Crippen molar-refractivity contribution < 1.29 is 18.3 Å². The molecular weight excluding hydrogens is 474 g/mol. The zero-order valence-electron chi connectivity index (χ0n) is 19.6. The van der Waals surface area contributed by atoms with Crippen LogP contribution in [-0.4, -0.2) is 54.8 Å². The van der Waals surface area contributed by atoms with Gasteiger partial charge in [0, 0.05) is 60.9 Å². The van der Waals surface area contributed by atoms with E-state index in [9.17, 15) is 9.18 Å². The number of thiophene rings is 1. The quantitative estimate of drug-likeness (QED) is 0.491. The fourth-order valence-electron chi connectivity index (χ4n) is 4.94. The van der Waals surface area contributed by atoms with Crippen LogP contribution >= 0.6 is 11.3 Å². The average molecular weight is 503 g/mol. The second-order valence-electron chi connectivity index (χ2n) is 9.34. The number of fused-ring (bicyclic) bond motifs is 2. The second-order valence-corrected chi connectivity index (χ2v) is 10.3. The maximum Gasteiger partial charge on any atom is 0.263 e. The lowest BCUT2D eigenvalue weighted by Gasteiger charge is -2.27. The number of nitrogens with zero attached hydrogens (tertiary/aromatic N) is 3. The van der Waals surface area contributed by atoms with Crippen LogP contribution in [0.15, 0.2) is 12.1 Å². The van der Waals surface area contributed by atoms with Gasteiger partial charge in [-0.1, -0.05) is 0 Å². The minimum absolute atomic E-state index is 0.0487. The zero-order chi connectivity index (χ0) is 24.9. The Balaban J connectivity index is 1.31. The first-order valence-corrected chi connectivity index (χ1v) is 12.4. The number of methoxy groups -OCH3 is 1. The number of nitrogens with two attached hydrogens (primary N) is 2. The van der Waals surface area contributed by atoms with E-state index in [0.717, 1.165) is 11.3 Å². The first-order valence-electron chi connectivity index (χ1n) is 11.6. The molecule has 0 spiro atoms. The van der Waals surface area contributed by atoms with E-state index < -0.39 is 5.82 Å². The number of aromatic nitrogens is 2. The van der Waals surface area contributed by atoms with Gasteiger partial charge in [-0.05, 0) is 32.3 Å². The van der Waals surface area contributed by atoms with Gasteiger partial charge in [-0.3, -0.25) is 4.79 Å². The molecule has 1 fully saturated rings. The van der Waals surface area contributed by atoms with Crippen molar-refractivity contribution in [2.45, 2.75) is 38.3 Å². The summed E-state index contributed by atoms with van der Waals surface area (Å²) >= 11 is 1.13. The van der Waals surface area contributed by atoms with Crippen LogP contribution in [-0.2, 0) is 17.6 Å². The molecule has 1 aliphatic carbocycles. The number of pyridine rings is 2. The van der Waals surface area contributed by atoms with Gasteiger partial charge in [0.1, 0.15) is 27.2 Å². The van der Waals surface area contributed by atoms with E-state index in [2.05, 4.69) is 10.3 Å². The van der Waals surface area contributed by atoms with Crippen LogP contribution in [0.1, 0.15) is 33.0 Å². The number of hydrogen-bond donors (Lipinski definition) is 3. The summed E-state index contributed by atoms with van der Waals surface area (Å²) in [7, 11) is 1.65. The summed E-state index contributed by atoms with van der Waals surface area (Å²) in [4.78, 5) is 24.7. The van der Waals surface area contributed by atoms with Gasteiger partial charge in [0.15, 0.2) is 0 Å². The van der Waals surface area contributed by atoms with E-state index in [-0.39, 0.29) is 46.0 Å². The standard InChI is InChI=1S/C24H28F2N6O2S/c1-11-16(25)6-15-21(28)22(35-24(15)29-11)23(33)30-13-3-4-19-14(5-13)17(26)7-20(31-19)32-8-12(10-34-2)18(27)9-32/h6-7,12-13,18H,3-5,8-10,27-28H2,1-2H3,(H,30,33). The van der Waals surface area contributed by atoms with E-state index in [4.69, 9.17) is 21.2 Å². The third-order valence-electron chi connectivity index (χ3n) is 6.91. The molecule has 5 rings (SSSR count). The lowest BCUT2D eigenvalue weighted by atomic mass is 9.91. The predicted octanol–water partition coefficient (Wildman–Crippen LogP) is 2.56. The Hall–Kier alpha value is -2.89. The fraction of sp³-hybridized carbons (Fsp3) is 0.458. The molecule has 11 heteroatoms. The number of nitrogen functional groups attached to an aromatic ring is 1. The van der Waals surface area contributed by atoms with Crippen LogP contribution < -0.4 is 21.7 Å². The molecule has 0 radical (unpaired) electrons. The highest BCUT2D eigenvalue weighted by molar-refractivity contribution is 7.21. The highest BCUT2D eigenvalue weighted by Crippen LogP contribution is 2.34. The van der Waals surface area contributed by atoms with Crippen LogP contribution in [0.2, 0.25) is 0 Å². The third kappa shape index (κ3) is 4.43. The van der Waals surface area contributed by atoms with Gasteiger partial charge in [-0.25, -0.2) is 18.7 Å². The summed E-state index contributed by atoms with van der Waals surface area (Å²) in [6, 6.07) is 2.45. The van der Waals surface area contributed by atoms with E-state index >= 15 is 4.39 Å². The van der Waals surface area contributed by atoms with Crippen molar-refractivity contribution in [3.05, 3.63) is 45.6 Å². The summed E-state index contributed by atoms with van der Waals surface area (Å²) < 4.78 is 34.3. The number of hydrogen-bond acceptors (Lipinski definition) is 8. The highest BCUT2D eigenvalue weighted by Gasteiger charge is 2.33. The molecule has 1 amide bonds. The Morgan fingerprint density at radius 1 is 1.29 bits per heavy atom. The molecular formula is C24H28F2N6O2S. The van der Waals surface area contributed by atoms with Gasteiger partial charge < -0.3 is 26.4 Å². The molecule has 8 nitrogen and oxygen atoms in total. The number of aryl methyl sites for hydroxylation is 2. The number of anilines is 2. The Labute approximate surface area is 205 Å². The molecule has 35 heavy (non-hydrogen) atoms. The van der Waals surface area contributed by atoms with Gasteiger partial charge in [-0.15, -0.1) is 11.3 Å². The number of ether oxygens (including phenoxy) is 1. The summed E-state index contributed by atoms with van der Waals surface area (Å²) in [6.45, 7) is 3.40. The van der Waals surface area contributed by atoms with Crippen molar-refractivity contribution in [3.63, 3.8) is 0 Å². The van der Waals surface area contributed by atoms with Crippen molar-refractivity contribution in [2.75, 3.05) is 37.4 Å². The molecule has 5 N–H and O–H groups in total. The molecule has 0 aromatic carbocycles. The molecule has 2 aliphatic rings. The number of amides is 1. The Kier molecular flexibility index (Phi) is 6.32. The molecule has 3 atom stereocenters. The monoisotopic (exact) mass is 502 g/mol. The molecule has 0 bridgehead atoms. The van der Waals surface area contributed by atoms with Gasteiger partial charge in [0.25, 0.3) is 5.91 Å². The molecule has 3 aromatic heterocycles. The number of rotatable bonds is 5. The van der Waals surface area contributed by atoms with Crippen LogP contribution in [0, 0.1) is 24.5 Å². The van der Waals surface area contributed by atoms with Crippen molar-refractivity contribution in [1.82, 2.24) is 15.3 Å². The van der Waals surface area contributed by atoms with Gasteiger partial charge in [0.05, 0.1) is 18.0 Å². The molecule has 4 heterocycles. The molecule has 1 saturated heterocycles. The third-order valence-corrected chi connectivity index (χ3v) is 8.02. The topological polar surface area (TPSA) is 119 Å². The van der Waals surface area contributed by atoms with Crippen molar-refractivity contribution in [1.29, 1.82) is 0 Å². The number of carbonyl (C=O) groups excluding carboxylic acids is 1. The number of carbonyl (C=O) groups is 1. The Bertz CT molecular complexity index is 1300. The van der Waals surface area contributed by atoms with Crippen molar-refractivity contribution >= 4 is 39.0 Å². The summed E-state index contributed by atoms with van der Waals surface area (Å²) in [5.74, 6) is -0.393. The maximum atomic E-state index is 15.1. The van der Waals surface area contributed by atoms with E-state index in [0.29, 0.717) is 66.3 Å². The average Bonchev–Trinajstić information content (AvgIpc) is 3.34. The van der Waals surface area contributed by atoms with Crippen LogP contribution in [0.3, 0.4) is 0 Å². The van der Waals surface area contributed by atoms with E-state index in [1.54, 1.807) is 14.0 Å². The van der Waals surface area contributed by atoms with Gasteiger partial charge in [-0.2, -0.15) is 0 Å². The maximum absolute atomic E-state index is 15.1. The minimum Gasteiger partial charge on any atom is -0.397 e. The summed E-state index contributed by atoms with van der Waals surface area (Å²) in [5.41, 5.74) is 14.0. The molecule has 3 unspecified atom stereocenters. The first-order chi connectivity index (χ1) is 16.7. The molecule has 186 valence electrons. The normalized spacial score (nSPS) is 22.0. The van der Waals surface area contributed by atoms with E-state index in [1.807, 2.05) is 4.90 Å². The minimum atomic E-state index is -0.467. The summed E-state index contributed by atoms with van der Waals surface area (Å²) in [6.07, 6.45) is 1.50. The van der Waals surface area contributed by atoms with Crippen molar-refractivity contribution in [2.24, 2.45) is 11.7 Å². The van der Waals surface area contributed by atoms with Crippen LogP contribution in [0.5, 0.6) is 0 Å². The van der Waals surface area contributed by atoms with E-state index in [1.165, 1.54) is 12.1 Å². The van der Waals surface area contributed by atoms with Crippen LogP contribution in [0.4, 0.5) is 20.3 Å². The largest absolute Gasteiger partial charge is 0.397 e. The lowest BCUT2D eigenvalue weighted by Crippen LogP contribution is -2.39. The Morgan fingerprint density at radius 3 is 2.86 bits per heavy atom. The number of nitrogens with one attached hydrogen (secondary N) is 1. The molecule has 0 saturated carbocycles. The number of halogens is 2. The van der Waals surface area contributed by atoms with Gasteiger partial charge in [0.2, 0.25) is 0 Å². The zero-order valence-corrected chi connectivity index (χ0v) is 20.4. The first kappa shape index (κ1) is 23.8. The lowest BCUT2D eigenvalue weighted by molar-refractivity contribution is 0.0938. The van der Waals surface area contributed by atoms with Crippen molar-refractivity contribution in [3.8, 4) is 0 Å². The summed E-state index contributed by atoms with van der Waals surface area (Å²) in [5, 5.41) is 3.39. The fourth-order valence-corrected chi connectivity index (χ4v) is 5.97. The highest BCUT2D eigenvalue weighted by atomic mass is 32.1. The SMILES string of the molecule is COCC1CN(c2cc(F)c3c(n2)CCC(NC(=O)c2sc4nc(C)c(F)cc4c2N)C3)CC1N. The second kappa shape index (κ2) is 9.29. The Morgan fingerprint density at radius 2 is 2.09 bits per heavy atom. The van der Waals surface area contributed by atoms with Crippen LogP contribution in [0.25, 0.3) is 10.2 Å². The van der Waals surface area contributed by atoms with Gasteiger partial charge >= 0.3 is 0 Å². The molecule has 1 aliphatic heterocycles. The smallest absolute Gasteiger partial charge is 0.263 e.